The second-order valence-corrected chi connectivity index (χ2v) is 5.22. The van der Waals surface area contributed by atoms with Gasteiger partial charge in [-0.05, 0) is 55.0 Å². The van der Waals surface area contributed by atoms with E-state index >= 15 is 0 Å². The Balaban J connectivity index is 2.00. The summed E-state index contributed by atoms with van der Waals surface area (Å²) in [6.07, 6.45) is -4.56. The molecule has 2 amide bonds. The number of alkyl halides is 3. The molecule has 0 saturated heterocycles. The molecule has 0 unspecified atom stereocenters. The van der Waals surface area contributed by atoms with Gasteiger partial charge in [0, 0.05) is 5.69 Å². The maximum absolute atomic E-state index is 12.6. The van der Waals surface area contributed by atoms with E-state index in [-0.39, 0.29) is 11.4 Å². The monoisotopic (exact) mass is 365 g/mol. The van der Waals surface area contributed by atoms with E-state index < -0.39 is 23.6 Å². The number of carbonyl (C=O) groups excluding carboxylic acids is 2. The number of halogens is 3. The first kappa shape index (κ1) is 19.0. The van der Waals surface area contributed by atoms with Crippen molar-refractivity contribution in [2.45, 2.75) is 13.1 Å². The first-order chi connectivity index (χ1) is 12.2. The molecule has 3 N–H and O–H groups in total. The Morgan fingerprint density at radius 3 is 2.31 bits per heavy atom. The first-order valence-electron chi connectivity index (χ1n) is 7.29. The Morgan fingerprint density at radius 1 is 1.04 bits per heavy atom. The van der Waals surface area contributed by atoms with Crippen molar-refractivity contribution in [2.24, 2.45) is 5.10 Å². The molecular formula is C17H14F3N3O3. The highest BCUT2D eigenvalue weighted by atomic mass is 19.4. The lowest BCUT2D eigenvalue weighted by Gasteiger charge is -2.09. The second-order valence-electron chi connectivity index (χ2n) is 5.22. The van der Waals surface area contributed by atoms with E-state index in [4.69, 9.17) is 0 Å². The van der Waals surface area contributed by atoms with Crippen LogP contribution in [0.3, 0.4) is 0 Å². The number of phenols is 1. The van der Waals surface area contributed by atoms with Gasteiger partial charge in [0.1, 0.15) is 5.75 Å². The largest absolute Gasteiger partial charge is 0.508 e. The summed E-state index contributed by atoms with van der Waals surface area (Å²) >= 11 is 0. The van der Waals surface area contributed by atoms with Gasteiger partial charge >= 0.3 is 18.0 Å². The third-order valence-corrected chi connectivity index (χ3v) is 3.26. The van der Waals surface area contributed by atoms with Gasteiger partial charge in [-0.3, -0.25) is 9.59 Å². The lowest BCUT2D eigenvalue weighted by atomic mass is 10.1. The van der Waals surface area contributed by atoms with Crippen LogP contribution in [0.15, 0.2) is 53.6 Å². The topological polar surface area (TPSA) is 90.8 Å². The van der Waals surface area contributed by atoms with Crippen molar-refractivity contribution in [3.05, 3.63) is 59.7 Å². The molecule has 2 rings (SSSR count). The molecule has 0 heterocycles. The molecular weight excluding hydrogens is 351 g/mol. The van der Waals surface area contributed by atoms with Crippen molar-refractivity contribution >= 4 is 23.2 Å². The minimum absolute atomic E-state index is 0.0612. The van der Waals surface area contributed by atoms with Gasteiger partial charge in [-0.25, -0.2) is 5.43 Å². The molecule has 0 aromatic heterocycles. The van der Waals surface area contributed by atoms with Crippen LogP contribution in [0.5, 0.6) is 5.75 Å². The Labute approximate surface area is 146 Å². The second kappa shape index (κ2) is 7.68. The third-order valence-electron chi connectivity index (χ3n) is 3.26. The Hall–Kier alpha value is -3.36. The molecule has 26 heavy (non-hydrogen) atoms. The van der Waals surface area contributed by atoms with E-state index in [0.29, 0.717) is 11.3 Å². The number of nitrogens with zero attached hydrogens (tertiary/aromatic N) is 1. The minimum Gasteiger partial charge on any atom is -0.508 e. The summed E-state index contributed by atoms with van der Waals surface area (Å²) in [6, 6.07) is 9.88. The van der Waals surface area contributed by atoms with Crippen LogP contribution < -0.4 is 10.7 Å². The van der Waals surface area contributed by atoms with Crippen LogP contribution in [0, 0.1) is 0 Å². The maximum atomic E-state index is 12.6. The van der Waals surface area contributed by atoms with Gasteiger partial charge in [0.15, 0.2) is 0 Å². The fourth-order valence-corrected chi connectivity index (χ4v) is 1.91. The molecule has 0 radical (unpaired) electrons. The lowest BCUT2D eigenvalue weighted by molar-refractivity contribution is -0.137. The smallest absolute Gasteiger partial charge is 0.416 e. The van der Waals surface area contributed by atoms with Crippen LogP contribution in [0.4, 0.5) is 18.9 Å². The summed E-state index contributed by atoms with van der Waals surface area (Å²) in [5, 5.41) is 15.0. The molecule has 9 heteroatoms. The molecule has 0 saturated carbocycles. The summed E-state index contributed by atoms with van der Waals surface area (Å²) in [5.41, 5.74) is 1.86. The van der Waals surface area contributed by atoms with Crippen LogP contribution in [0.2, 0.25) is 0 Å². The fraction of sp³-hybridized carbons (Fsp3) is 0.118. The number of anilines is 1. The number of hydrazone groups is 1. The van der Waals surface area contributed by atoms with E-state index in [1.807, 2.05) is 5.43 Å². The number of benzene rings is 2. The van der Waals surface area contributed by atoms with Gasteiger partial charge in [-0.2, -0.15) is 18.3 Å². The van der Waals surface area contributed by atoms with Crippen molar-refractivity contribution in [1.29, 1.82) is 0 Å². The molecule has 0 spiro atoms. The van der Waals surface area contributed by atoms with Gasteiger partial charge in [0.05, 0.1) is 11.3 Å². The number of amides is 2. The number of aromatic hydroxyl groups is 1. The molecule has 0 bridgehead atoms. The molecule has 2 aromatic rings. The van der Waals surface area contributed by atoms with Crippen molar-refractivity contribution in [3.63, 3.8) is 0 Å². The van der Waals surface area contributed by atoms with E-state index in [9.17, 15) is 27.9 Å². The molecule has 136 valence electrons. The zero-order chi connectivity index (χ0) is 19.3. The Bertz CT molecular complexity index is 846. The standard InChI is InChI=1S/C17H14F3N3O3/c1-10(11-5-7-14(24)8-6-11)22-23-16(26)15(25)21-13-4-2-3-12(9-13)17(18,19)20/h2-9,24H,1H3,(H,21,25)(H,23,26)/b22-10+. The maximum Gasteiger partial charge on any atom is 0.416 e. The summed E-state index contributed by atoms with van der Waals surface area (Å²) in [7, 11) is 0. The van der Waals surface area contributed by atoms with Crippen LogP contribution in [-0.4, -0.2) is 22.6 Å². The van der Waals surface area contributed by atoms with E-state index in [0.717, 1.165) is 18.2 Å². The van der Waals surface area contributed by atoms with Crippen molar-refractivity contribution in [3.8, 4) is 5.75 Å². The molecule has 6 nitrogen and oxygen atoms in total. The predicted octanol–water partition coefficient (Wildman–Crippen LogP) is 2.89. The summed E-state index contributed by atoms with van der Waals surface area (Å²) in [4.78, 5) is 23.5. The van der Waals surface area contributed by atoms with Crippen molar-refractivity contribution in [2.75, 3.05) is 5.32 Å². The summed E-state index contributed by atoms with van der Waals surface area (Å²) in [6.45, 7) is 1.57. The highest BCUT2D eigenvalue weighted by Gasteiger charge is 2.30. The van der Waals surface area contributed by atoms with Crippen LogP contribution in [0.1, 0.15) is 18.1 Å². The molecule has 0 aliphatic carbocycles. The molecule has 2 aromatic carbocycles. The zero-order valence-electron chi connectivity index (χ0n) is 13.5. The zero-order valence-corrected chi connectivity index (χ0v) is 13.5. The highest BCUT2D eigenvalue weighted by molar-refractivity contribution is 6.39. The lowest BCUT2D eigenvalue weighted by Crippen LogP contribution is -2.33. The molecule has 0 fully saturated rings. The molecule has 0 atom stereocenters. The Morgan fingerprint density at radius 2 is 1.69 bits per heavy atom. The first-order valence-corrected chi connectivity index (χ1v) is 7.29. The minimum atomic E-state index is -4.56. The summed E-state index contributed by atoms with van der Waals surface area (Å²) in [5.74, 6) is -2.24. The van der Waals surface area contributed by atoms with Crippen LogP contribution in [0.25, 0.3) is 0 Å². The number of hydrogen-bond donors (Lipinski definition) is 3. The Kier molecular flexibility index (Phi) is 5.61. The number of hydrogen-bond acceptors (Lipinski definition) is 4. The van der Waals surface area contributed by atoms with Gasteiger partial charge < -0.3 is 10.4 Å². The van der Waals surface area contributed by atoms with E-state index in [2.05, 4.69) is 10.4 Å². The summed E-state index contributed by atoms with van der Waals surface area (Å²) < 4.78 is 37.9. The van der Waals surface area contributed by atoms with Crippen LogP contribution >= 0.6 is 0 Å². The molecule has 0 aliphatic rings. The average molecular weight is 365 g/mol. The number of nitrogens with one attached hydrogen (secondary N) is 2. The van der Waals surface area contributed by atoms with Crippen LogP contribution in [-0.2, 0) is 15.8 Å². The van der Waals surface area contributed by atoms with Gasteiger partial charge in [-0.1, -0.05) is 6.07 Å². The number of carbonyl (C=O) groups is 2. The normalized spacial score (nSPS) is 11.8. The number of phenolic OH excluding ortho intramolecular Hbond substituents is 1. The van der Waals surface area contributed by atoms with Crippen molar-refractivity contribution in [1.82, 2.24) is 5.43 Å². The fourth-order valence-electron chi connectivity index (χ4n) is 1.91. The van der Waals surface area contributed by atoms with Gasteiger partial charge in [0.25, 0.3) is 0 Å². The van der Waals surface area contributed by atoms with Gasteiger partial charge in [0.2, 0.25) is 0 Å². The van der Waals surface area contributed by atoms with Crippen molar-refractivity contribution < 1.29 is 27.9 Å². The van der Waals surface area contributed by atoms with E-state index in [1.165, 1.54) is 18.2 Å². The van der Waals surface area contributed by atoms with Gasteiger partial charge in [-0.15, -0.1) is 0 Å². The average Bonchev–Trinajstić information content (AvgIpc) is 2.59. The van der Waals surface area contributed by atoms with E-state index in [1.54, 1.807) is 19.1 Å². The quantitative estimate of drug-likeness (QED) is 0.444. The number of rotatable bonds is 3. The SMILES string of the molecule is C/C(=N\NC(=O)C(=O)Nc1cccc(C(F)(F)F)c1)c1ccc(O)cc1. The molecule has 0 aliphatic heterocycles. The predicted molar refractivity (Wildman–Crippen MR) is 88.5 cm³/mol. The highest BCUT2D eigenvalue weighted by Crippen LogP contribution is 2.30. The third kappa shape index (κ3) is 5.07.